The van der Waals surface area contributed by atoms with Gasteiger partial charge in [-0.3, -0.25) is 0 Å². The number of anilines is 1. The van der Waals surface area contributed by atoms with Gasteiger partial charge in [-0.1, -0.05) is 13.8 Å². The molecule has 0 saturated carbocycles. The highest BCUT2D eigenvalue weighted by molar-refractivity contribution is 6.00. The molecule has 0 heterocycles. The maximum Gasteiger partial charge on any atom is 0.337 e. The Morgan fingerprint density at radius 1 is 1.14 bits per heavy atom. The molecule has 0 unspecified atom stereocenters. The molecule has 116 valence electrons. The van der Waals surface area contributed by atoms with E-state index in [0.29, 0.717) is 25.2 Å². The lowest BCUT2D eigenvalue weighted by Crippen LogP contribution is -2.36. The Balaban J connectivity index is 3.02. The van der Waals surface area contributed by atoms with Crippen LogP contribution in [0.15, 0.2) is 12.1 Å². The number of nitrogens with one attached hydrogen (secondary N) is 1. The Morgan fingerprint density at radius 3 is 2.14 bits per heavy atom. The van der Waals surface area contributed by atoms with Crippen LogP contribution in [0.4, 0.5) is 19.3 Å². The predicted octanol–water partition coefficient (Wildman–Crippen LogP) is 3.32. The molecule has 0 fully saturated rings. The van der Waals surface area contributed by atoms with Crippen LogP contribution >= 0.6 is 0 Å². The number of aromatic carboxylic acids is 1. The van der Waals surface area contributed by atoms with E-state index in [1.165, 1.54) is 4.90 Å². The van der Waals surface area contributed by atoms with Crippen LogP contribution in [0.2, 0.25) is 0 Å². The summed E-state index contributed by atoms with van der Waals surface area (Å²) >= 11 is 0. The highest BCUT2D eigenvalue weighted by Crippen LogP contribution is 2.20. The van der Waals surface area contributed by atoms with Gasteiger partial charge in [0.15, 0.2) is 11.6 Å². The van der Waals surface area contributed by atoms with Crippen LogP contribution in [0.1, 0.15) is 37.0 Å². The fourth-order valence-corrected chi connectivity index (χ4v) is 1.88. The maximum atomic E-state index is 13.2. The molecule has 1 rings (SSSR count). The number of carbonyl (C=O) groups is 2. The van der Waals surface area contributed by atoms with Crippen LogP contribution in [-0.4, -0.2) is 35.1 Å². The molecule has 0 radical (unpaired) electrons. The molecule has 0 aliphatic carbocycles. The van der Waals surface area contributed by atoms with Crippen molar-refractivity contribution in [1.82, 2.24) is 4.90 Å². The second kappa shape index (κ2) is 7.56. The zero-order valence-electron chi connectivity index (χ0n) is 11.9. The van der Waals surface area contributed by atoms with Crippen LogP contribution in [-0.2, 0) is 0 Å². The summed E-state index contributed by atoms with van der Waals surface area (Å²) in [4.78, 5) is 24.6. The predicted molar refractivity (Wildman–Crippen MR) is 74.5 cm³/mol. The third kappa shape index (κ3) is 4.40. The first kappa shape index (κ1) is 16.9. The molecule has 2 N–H and O–H groups in total. The molecule has 0 aromatic heterocycles. The van der Waals surface area contributed by atoms with Gasteiger partial charge in [-0.15, -0.1) is 0 Å². The van der Waals surface area contributed by atoms with Gasteiger partial charge < -0.3 is 15.3 Å². The number of urea groups is 1. The highest BCUT2D eigenvalue weighted by Gasteiger charge is 2.19. The molecule has 0 saturated heterocycles. The summed E-state index contributed by atoms with van der Waals surface area (Å²) in [5.41, 5.74) is -0.751. The van der Waals surface area contributed by atoms with Crippen LogP contribution in [0, 0.1) is 11.6 Å². The van der Waals surface area contributed by atoms with Crippen molar-refractivity contribution in [2.45, 2.75) is 26.7 Å². The standard InChI is InChI=1S/C14H18F2N2O3/c1-3-5-18(6-4-2)14(21)17-12-8-11(16)10(15)7-9(12)13(19)20/h7-8H,3-6H2,1-2H3,(H,17,21)(H,19,20). The van der Waals surface area contributed by atoms with E-state index in [1.54, 1.807) is 0 Å². The fourth-order valence-electron chi connectivity index (χ4n) is 1.88. The van der Waals surface area contributed by atoms with Crippen molar-refractivity contribution >= 4 is 17.7 Å². The van der Waals surface area contributed by atoms with Gasteiger partial charge in [0.1, 0.15) is 0 Å². The average Bonchev–Trinajstić information content (AvgIpc) is 2.42. The molecule has 0 spiro atoms. The van der Waals surface area contributed by atoms with E-state index in [1.807, 2.05) is 13.8 Å². The Morgan fingerprint density at radius 2 is 1.67 bits per heavy atom. The monoisotopic (exact) mass is 300 g/mol. The number of carboxylic acids is 1. The molecule has 1 aromatic rings. The number of nitrogens with zero attached hydrogens (tertiary/aromatic N) is 1. The molecule has 1 aromatic carbocycles. The second-order valence-electron chi connectivity index (χ2n) is 4.53. The van der Waals surface area contributed by atoms with Gasteiger partial charge >= 0.3 is 12.0 Å². The maximum absolute atomic E-state index is 13.2. The molecule has 7 heteroatoms. The number of halogens is 2. The minimum Gasteiger partial charge on any atom is -0.478 e. The lowest BCUT2D eigenvalue weighted by Gasteiger charge is -2.22. The summed E-state index contributed by atoms with van der Waals surface area (Å²) in [7, 11) is 0. The van der Waals surface area contributed by atoms with Gasteiger partial charge in [-0.2, -0.15) is 0 Å². The number of amides is 2. The first-order valence-corrected chi connectivity index (χ1v) is 6.68. The third-order valence-electron chi connectivity index (χ3n) is 2.81. The smallest absolute Gasteiger partial charge is 0.337 e. The molecule has 0 aliphatic heterocycles. The van der Waals surface area contributed by atoms with Crippen molar-refractivity contribution in [3.05, 3.63) is 29.3 Å². The van der Waals surface area contributed by atoms with Gasteiger partial charge in [0, 0.05) is 19.2 Å². The average molecular weight is 300 g/mol. The lowest BCUT2D eigenvalue weighted by atomic mass is 10.1. The number of hydrogen-bond acceptors (Lipinski definition) is 2. The van der Waals surface area contributed by atoms with Crippen LogP contribution in [0.5, 0.6) is 0 Å². The van der Waals surface area contributed by atoms with Crippen LogP contribution in [0.25, 0.3) is 0 Å². The molecule has 2 amide bonds. The summed E-state index contributed by atoms with van der Waals surface area (Å²) < 4.78 is 26.3. The SMILES string of the molecule is CCCN(CCC)C(=O)Nc1cc(F)c(F)cc1C(=O)O. The molecule has 0 aliphatic rings. The van der Waals surface area contributed by atoms with Crippen molar-refractivity contribution in [1.29, 1.82) is 0 Å². The number of hydrogen-bond donors (Lipinski definition) is 2. The number of carbonyl (C=O) groups excluding carboxylic acids is 1. The lowest BCUT2D eigenvalue weighted by molar-refractivity contribution is 0.0697. The van der Waals surface area contributed by atoms with Gasteiger partial charge in [0.25, 0.3) is 0 Å². The zero-order chi connectivity index (χ0) is 16.0. The number of carboxylic acid groups (broad SMARTS) is 1. The number of rotatable bonds is 6. The highest BCUT2D eigenvalue weighted by atomic mass is 19.2. The Bertz CT molecular complexity index is 529. The number of benzene rings is 1. The van der Waals surface area contributed by atoms with Crippen LogP contribution < -0.4 is 5.32 Å². The second-order valence-corrected chi connectivity index (χ2v) is 4.53. The minimum absolute atomic E-state index is 0.261. The first-order valence-electron chi connectivity index (χ1n) is 6.68. The van der Waals surface area contributed by atoms with Crippen molar-refractivity contribution in [2.24, 2.45) is 0 Å². The Hall–Kier alpha value is -2.18. The van der Waals surface area contributed by atoms with Gasteiger partial charge in [-0.05, 0) is 18.9 Å². The van der Waals surface area contributed by atoms with E-state index >= 15 is 0 Å². The van der Waals surface area contributed by atoms with Crippen molar-refractivity contribution in [3.63, 3.8) is 0 Å². The fraction of sp³-hybridized carbons (Fsp3) is 0.429. The molecular formula is C14H18F2N2O3. The van der Waals surface area contributed by atoms with Gasteiger partial charge in [0.2, 0.25) is 0 Å². The largest absolute Gasteiger partial charge is 0.478 e. The van der Waals surface area contributed by atoms with Gasteiger partial charge in [-0.25, -0.2) is 18.4 Å². The summed E-state index contributed by atoms with van der Waals surface area (Å²) in [6.45, 7) is 4.78. The first-order chi connectivity index (χ1) is 9.90. The van der Waals surface area contributed by atoms with E-state index in [0.717, 1.165) is 12.8 Å². The van der Waals surface area contributed by atoms with E-state index in [-0.39, 0.29) is 5.69 Å². The van der Waals surface area contributed by atoms with Crippen molar-refractivity contribution < 1.29 is 23.5 Å². The summed E-state index contributed by atoms with van der Waals surface area (Å²) in [6.07, 6.45) is 1.47. The molecular weight excluding hydrogens is 282 g/mol. The quantitative estimate of drug-likeness (QED) is 0.846. The Kier molecular flexibility index (Phi) is 6.08. The van der Waals surface area contributed by atoms with E-state index in [4.69, 9.17) is 5.11 Å². The van der Waals surface area contributed by atoms with E-state index in [2.05, 4.69) is 5.32 Å². The van der Waals surface area contributed by atoms with Crippen molar-refractivity contribution in [2.75, 3.05) is 18.4 Å². The third-order valence-corrected chi connectivity index (χ3v) is 2.81. The summed E-state index contributed by atoms with van der Waals surface area (Å²) in [6, 6.07) is 0.691. The molecule has 0 bridgehead atoms. The Labute approximate surface area is 121 Å². The normalized spacial score (nSPS) is 10.3. The summed E-state index contributed by atoms with van der Waals surface area (Å²) in [5.74, 6) is -3.93. The topological polar surface area (TPSA) is 69.6 Å². The molecule has 5 nitrogen and oxygen atoms in total. The summed E-state index contributed by atoms with van der Waals surface area (Å²) in [5, 5.41) is 11.3. The molecule has 0 atom stereocenters. The van der Waals surface area contributed by atoms with Crippen LogP contribution in [0.3, 0.4) is 0 Å². The van der Waals surface area contributed by atoms with Gasteiger partial charge in [0.05, 0.1) is 11.3 Å². The minimum atomic E-state index is -1.44. The van der Waals surface area contributed by atoms with Crippen molar-refractivity contribution in [3.8, 4) is 0 Å². The van der Waals surface area contributed by atoms with E-state index < -0.39 is 29.2 Å². The van der Waals surface area contributed by atoms with E-state index in [9.17, 15) is 18.4 Å². The molecule has 21 heavy (non-hydrogen) atoms. The zero-order valence-corrected chi connectivity index (χ0v) is 11.9.